The second-order valence-electron chi connectivity index (χ2n) is 5.87. The maximum Gasteiger partial charge on any atom is 0.252 e. The molecule has 1 aromatic rings. The van der Waals surface area contributed by atoms with E-state index in [4.69, 9.17) is 0 Å². The third kappa shape index (κ3) is 2.37. The van der Waals surface area contributed by atoms with Gasteiger partial charge in [-0.3, -0.25) is 14.7 Å². The fourth-order valence-corrected chi connectivity index (χ4v) is 3.12. The van der Waals surface area contributed by atoms with Crippen LogP contribution in [-0.4, -0.2) is 28.9 Å². The predicted molar refractivity (Wildman–Crippen MR) is 73.8 cm³/mol. The molecule has 1 amide bonds. The molecule has 4 nitrogen and oxygen atoms in total. The predicted octanol–water partition coefficient (Wildman–Crippen LogP) is 2.12. The zero-order valence-corrected chi connectivity index (χ0v) is 11.6. The van der Waals surface area contributed by atoms with Crippen LogP contribution in [0.2, 0.25) is 0 Å². The summed E-state index contributed by atoms with van der Waals surface area (Å²) in [7, 11) is 0. The third-order valence-corrected chi connectivity index (χ3v) is 4.36. The molecule has 19 heavy (non-hydrogen) atoms. The van der Waals surface area contributed by atoms with Gasteiger partial charge in [-0.15, -0.1) is 0 Å². The van der Waals surface area contributed by atoms with Crippen LogP contribution in [0.15, 0.2) is 12.3 Å². The Labute approximate surface area is 114 Å². The first kappa shape index (κ1) is 12.6. The van der Waals surface area contributed by atoms with Crippen molar-refractivity contribution in [2.75, 3.05) is 13.1 Å². The standard InChI is InChI=1S/C15H21N3O/c1-10-4-3-5-18(9-10)11(2)14-6-13-12(7-16-14)8-17-15(13)19/h6-7,10-11H,3-5,8-9H2,1-2H3,(H,17,19)/t10-,11?/m0/s1. The van der Waals surface area contributed by atoms with E-state index in [-0.39, 0.29) is 5.91 Å². The lowest BCUT2D eigenvalue weighted by Gasteiger charge is -2.35. The van der Waals surface area contributed by atoms with Gasteiger partial charge in [0.25, 0.3) is 5.91 Å². The number of nitrogens with zero attached hydrogens (tertiary/aromatic N) is 2. The zero-order chi connectivity index (χ0) is 13.4. The molecule has 0 radical (unpaired) electrons. The highest BCUT2D eigenvalue weighted by Gasteiger charge is 2.25. The van der Waals surface area contributed by atoms with Gasteiger partial charge >= 0.3 is 0 Å². The Morgan fingerprint density at radius 2 is 2.37 bits per heavy atom. The number of piperidine rings is 1. The van der Waals surface area contributed by atoms with Crippen LogP contribution in [0.5, 0.6) is 0 Å². The van der Waals surface area contributed by atoms with E-state index >= 15 is 0 Å². The minimum Gasteiger partial charge on any atom is -0.348 e. The summed E-state index contributed by atoms with van der Waals surface area (Å²) in [6, 6.07) is 2.27. The summed E-state index contributed by atoms with van der Waals surface area (Å²) in [4.78, 5) is 18.7. The minimum atomic E-state index is 0.0397. The maximum absolute atomic E-state index is 11.7. The molecule has 102 valence electrons. The number of carbonyl (C=O) groups is 1. The lowest BCUT2D eigenvalue weighted by Crippen LogP contribution is -2.36. The van der Waals surface area contributed by atoms with Gasteiger partial charge < -0.3 is 5.32 Å². The lowest BCUT2D eigenvalue weighted by atomic mass is 9.98. The van der Waals surface area contributed by atoms with Crippen molar-refractivity contribution in [1.29, 1.82) is 0 Å². The Morgan fingerprint density at radius 1 is 1.53 bits per heavy atom. The summed E-state index contributed by atoms with van der Waals surface area (Å²) in [5.74, 6) is 0.798. The fourth-order valence-electron chi connectivity index (χ4n) is 3.12. The van der Waals surface area contributed by atoms with Gasteiger partial charge in [-0.05, 0) is 38.3 Å². The Morgan fingerprint density at radius 3 is 3.16 bits per heavy atom. The van der Waals surface area contributed by atoms with Crippen LogP contribution < -0.4 is 5.32 Å². The number of rotatable bonds is 2. The van der Waals surface area contributed by atoms with Crippen molar-refractivity contribution in [2.45, 2.75) is 39.3 Å². The summed E-state index contributed by atoms with van der Waals surface area (Å²) >= 11 is 0. The van der Waals surface area contributed by atoms with E-state index in [0.717, 1.165) is 35.8 Å². The number of aromatic nitrogens is 1. The molecule has 2 atom stereocenters. The van der Waals surface area contributed by atoms with Crippen molar-refractivity contribution in [1.82, 2.24) is 15.2 Å². The van der Waals surface area contributed by atoms with Crippen LogP contribution in [0.4, 0.5) is 0 Å². The second kappa shape index (κ2) is 4.93. The van der Waals surface area contributed by atoms with E-state index in [1.165, 1.54) is 12.8 Å². The highest BCUT2D eigenvalue weighted by molar-refractivity contribution is 5.98. The first-order valence-corrected chi connectivity index (χ1v) is 7.16. The maximum atomic E-state index is 11.7. The second-order valence-corrected chi connectivity index (χ2v) is 5.87. The fraction of sp³-hybridized carbons (Fsp3) is 0.600. The van der Waals surface area contributed by atoms with Crippen LogP contribution >= 0.6 is 0 Å². The lowest BCUT2D eigenvalue weighted by molar-refractivity contribution is 0.0965. The number of carbonyl (C=O) groups excluding carboxylic acids is 1. The molecular formula is C15H21N3O. The van der Waals surface area contributed by atoms with Crippen molar-refractivity contribution in [3.05, 3.63) is 29.1 Å². The van der Waals surface area contributed by atoms with Gasteiger partial charge in [-0.25, -0.2) is 0 Å². The molecule has 1 aromatic heterocycles. The molecular weight excluding hydrogens is 238 g/mol. The van der Waals surface area contributed by atoms with Crippen molar-refractivity contribution < 1.29 is 4.79 Å². The van der Waals surface area contributed by atoms with Crippen LogP contribution in [0, 0.1) is 5.92 Å². The van der Waals surface area contributed by atoms with Gasteiger partial charge in [0.2, 0.25) is 0 Å². The van der Waals surface area contributed by atoms with Gasteiger partial charge in [0, 0.05) is 36.5 Å². The molecule has 3 heterocycles. The Hall–Kier alpha value is -1.42. The minimum absolute atomic E-state index is 0.0397. The topological polar surface area (TPSA) is 45.2 Å². The highest BCUT2D eigenvalue weighted by Crippen LogP contribution is 2.27. The molecule has 0 bridgehead atoms. The number of amides is 1. The summed E-state index contributed by atoms with van der Waals surface area (Å²) < 4.78 is 0. The van der Waals surface area contributed by atoms with Gasteiger partial charge in [0.15, 0.2) is 0 Å². The third-order valence-electron chi connectivity index (χ3n) is 4.36. The quantitative estimate of drug-likeness (QED) is 0.885. The molecule has 0 aromatic carbocycles. The monoisotopic (exact) mass is 259 g/mol. The number of fused-ring (bicyclic) bond motifs is 1. The number of hydrogen-bond donors (Lipinski definition) is 1. The summed E-state index contributed by atoms with van der Waals surface area (Å²) in [6.07, 6.45) is 4.44. The summed E-state index contributed by atoms with van der Waals surface area (Å²) in [5, 5.41) is 2.85. The molecule has 3 rings (SSSR count). The van der Waals surface area contributed by atoms with Crippen molar-refractivity contribution in [3.8, 4) is 0 Å². The van der Waals surface area contributed by atoms with E-state index in [2.05, 4.69) is 29.0 Å². The number of hydrogen-bond acceptors (Lipinski definition) is 3. The average Bonchev–Trinajstić information content (AvgIpc) is 2.79. The van der Waals surface area contributed by atoms with E-state index < -0.39 is 0 Å². The van der Waals surface area contributed by atoms with E-state index in [1.54, 1.807) is 0 Å². The Balaban J connectivity index is 1.82. The summed E-state index contributed by atoms with van der Waals surface area (Å²) in [6.45, 7) is 7.39. The van der Waals surface area contributed by atoms with Crippen LogP contribution in [0.25, 0.3) is 0 Å². The zero-order valence-electron chi connectivity index (χ0n) is 11.6. The van der Waals surface area contributed by atoms with Gasteiger partial charge in [0.05, 0.1) is 5.69 Å². The van der Waals surface area contributed by atoms with Crippen LogP contribution in [-0.2, 0) is 6.54 Å². The highest BCUT2D eigenvalue weighted by atomic mass is 16.1. The molecule has 2 aliphatic rings. The molecule has 4 heteroatoms. The van der Waals surface area contributed by atoms with Gasteiger partial charge in [-0.1, -0.05) is 6.92 Å². The molecule has 1 fully saturated rings. The first-order chi connectivity index (χ1) is 9.15. The molecule has 1 unspecified atom stereocenters. The Bertz CT molecular complexity index is 500. The van der Waals surface area contributed by atoms with E-state index in [0.29, 0.717) is 12.6 Å². The van der Waals surface area contributed by atoms with Crippen molar-refractivity contribution >= 4 is 5.91 Å². The normalized spacial score (nSPS) is 24.9. The van der Waals surface area contributed by atoms with Crippen molar-refractivity contribution in [3.63, 3.8) is 0 Å². The largest absolute Gasteiger partial charge is 0.348 e. The van der Waals surface area contributed by atoms with Crippen LogP contribution in [0.1, 0.15) is 54.3 Å². The number of nitrogens with one attached hydrogen (secondary N) is 1. The molecule has 0 aliphatic carbocycles. The van der Waals surface area contributed by atoms with E-state index in [9.17, 15) is 4.79 Å². The first-order valence-electron chi connectivity index (χ1n) is 7.16. The average molecular weight is 259 g/mol. The smallest absolute Gasteiger partial charge is 0.252 e. The van der Waals surface area contributed by atoms with Crippen LogP contribution in [0.3, 0.4) is 0 Å². The summed E-state index contributed by atoms with van der Waals surface area (Å²) in [5.41, 5.74) is 2.85. The van der Waals surface area contributed by atoms with E-state index in [1.807, 2.05) is 12.3 Å². The van der Waals surface area contributed by atoms with Crippen molar-refractivity contribution in [2.24, 2.45) is 5.92 Å². The van der Waals surface area contributed by atoms with Gasteiger partial charge in [0.1, 0.15) is 0 Å². The molecule has 0 spiro atoms. The number of likely N-dealkylation sites (tertiary alicyclic amines) is 1. The Kier molecular flexibility index (Phi) is 3.27. The molecule has 2 aliphatic heterocycles. The molecule has 1 N–H and O–H groups in total. The molecule has 0 saturated carbocycles. The SMILES string of the molecule is CC(c1cc2c(cn1)CNC2=O)N1CCC[C@H](C)C1. The number of pyridine rings is 1. The van der Waals surface area contributed by atoms with Gasteiger partial charge in [-0.2, -0.15) is 0 Å². The molecule has 1 saturated heterocycles.